The van der Waals surface area contributed by atoms with Gasteiger partial charge in [0.25, 0.3) is 5.56 Å². The topological polar surface area (TPSA) is 65.1 Å². The Bertz CT molecular complexity index is 998. The van der Waals surface area contributed by atoms with Crippen molar-refractivity contribution in [3.8, 4) is 11.4 Å². The normalized spacial score (nSPS) is 17.2. The van der Waals surface area contributed by atoms with Gasteiger partial charge in [-0.25, -0.2) is 4.98 Å². The molecular weight excluding hydrogens is 362 g/mol. The SMILES string of the molecule is CN(C)c1ccc(CN2CCCC[C@H]2c2cc(=O)[nH]c(-c3cccnc3)n2)cc1. The zero-order valence-corrected chi connectivity index (χ0v) is 17.0. The number of hydrogen-bond donors (Lipinski definition) is 1. The smallest absolute Gasteiger partial charge is 0.251 e. The molecule has 0 aliphatic carbocycles. The number of rotatable bonds is 5. The van der Waals surface area contributed by atoms with E-state index in [-0.39, 0.29) is 11.6 Å². The number of benzene rings is 1. The highest BCUT2D eigenvalue weighted by Gasteiger charge is 2.26. The van der Waals surface area contributed by atoms with Gasteiger partial charge >= 0.3 is 0 Å². The van der Waals surface area contributed by atoms with Crippen LogP contribution in [0.3, 0.4) is 0 Å². The van der Waals surface area contributed by atoms with Gasteiger partial charge < -0.3 is 9.88 Å². The van der Waals surface area contributed by atoms with E-state index in [0.29, 0.717) is 5.82 Å². The number of likely N-dealkylation sites (tertiary alicyclic amines) is 1. The fourth-order valence-corrected chi connectivity index (χ4v) is 3.94. The van der Waals surface area contributed by atoms with Crippen LogP contribution in [-0.4, -0.2) is 40.5 Å². The summed E-state index contributed by atoms with van der Waals surface area (Å²) in [4.78, 5) is 28.7. The van der Waals surface area contributed by atoms with Gasteiger partial charge in [0.05, 0.1) is 11.7 Å². The van der Waals surface area contributed by atoms with Gasteiger partial charge in [-0.3, -0.25) is 14.7 Å². The number of aromatic amines is 1. The van der Waals surface area contributed by atoms with Crippen LogP contribution in [0.25, 0.3) is 11.4 Å². The molecule has 6 nitrogen and oxygen atoms in total. The second kappa shape index (κ2) is 8.57. The molecule has 1 aliphatic heterocycles. The molecule has 6 heteroatoms. The van der Waals surface area contributed by atoms with Crippen molar-refractivity contribution in [3.63, 3.8) is 0 Å². The maximum absolute atomic E-state index is 12.4. The molecule has 150 valence electrons. The standard InChI is InChI=1S/C23H27N5O/c1-27(2)19-10-8-17(9-11-19)16-28-13-4-3-7-21(28)20-14-22(29)26-23(25-20)18-6-5-12-24-15-18/h5-6,8-12,14-15,21H,3-4,7,13,16H2,1-2H3,(H,25,26,29)/t21-/m0/s1. The lowest BCUT2D eigenvalue weighted by Gasteiger charge is -2.35. The first-order valence-electron chi connectivity index (χ1n) is 10.1. The molecule has 1 N–H and O–H groups in total. The van der Waals surface area contributed by atoms with E-state index in [1.807, 2.05) is 26.2 Å². The first-order valence-corrected chi connectivity index (χ1v) is 10.1. The molecule has 2 aromatic heterocycles. The molecule has 1 aromatic carbocycles. The van der Waals surface area contributed by atoms with Crippen LogP contribution in [0.4, 0.5) is 5.69 Å². The third-order valence-electron chi connectivity index (χ3n) is 5.49. The summed E-state index contributed by atoms with van der Waals surface area (Å²) in [5.41, 5.74) is 4.03. The fourth-order valence-electron chi connectivity index (χ4n) is 3.94. The fraction of sp³-hybridized carbons (Fsp3) is 0.348. The number of anilines is 1. The third-order valence-corrected chi connectivity index (χ3v) is 5.49. The Kier molecular flexibility index (Phi) is 5.71. The molecule has 0 spiro atoms. The van der Waals surface area contributed by atoms with Crippen molar-refractivity contribution in [1.82, 2.24) is 19.9 Å². The average Bonchev–Trinajstić information content (AvgIpc) is 2.75. The lowest BCUT2D eigenvalue weighted by Crippen LogP contribution is -2.34. The summed E-state index contributed by atoms with van der Waals surface area (Å²) in [6.45, 7) is 1.87. The van der Waals surface area contributed by atoms with Gasteiger partial charge in [0.15, 0.2) is 0 Å². The Morgan fingerprint density at radius 2 is 2.00 bits per heavy atom. The molecule has 1 fully saturated rings. The lowest BCUT2D eigenvalue weighted by atomic mass is 9.98. The molecule has 0 amide bonds. The van der Waals surface area contributed by atoms with Crippen molar-refractivity contribution >= 4 is 5.69 Å². The summed E-state index contributed by atoms with van der Waals surface area (Å²) in [7, 11) is 4.10. The number of nitrogens with one attached hydrogen (secondary N) is 1. The number of piperidine rings is 1. The largest absolute Gasteiger partial charge is 0.378 e. The summed E-state index contributed by atoms with van der Waals surface area (Å²) in [5.74, 6) is 0.585. The Morgan fingerprint density at radius 1 is 1.17 bits per heavy atom. The zero-order chi connectivity index (χ0) is 20.2. The van der Waals surface area contributed by atoms with Gasteiger partial charge in [-0.05, 0) is 49.2 Å². The maximum atomic E-state index is 12.4. The Hall–Kier alpha value is -2.99. The van der Waals surface area contributed by atoms with Crippen LogP contribution in [0, 0.1) is 0 Å². The summed E-state index contributed by atoms with van der Waals surface area (Å²) in [5, 5.41) is 0. The molecule has 0 bridgehead atoms. The predicted octanol–water partition coefficient (Wildman–Crippen LogP) is 3.63. The number of hydrogen-bond acceptors (Lipinski definition) is 5. The van der Waals surface area contributed by atoms with Crippen LogP contribution < -0.4 is 10.5 Å². The van der Waals surface area contributed by atoms with E-state index in [1.54, 1.807) is 18.5 Å². The molecular formula is C23H27N5O. The molecule has 1 saturated heterocycles. The molecule has 0 radical (unpaired) electrons. The Labute approximate surface area is 171 Å². The number of aromatic nitrogens is 3. The van der Waals surface area contributed by atoms with E-state index in [1.165, 1.54) is 17.7 Å². The highest BCUT2D eigenvalue weighted by Crippen LogP contribution is 2.31. The molecule has 29 heavy (non-hydrogen) atoms. The highest BCUT2D eigenvalue weighted by atomic mass is 16.1. The lowest BCUT2D eigenvalue weighted by molar-refractivity contribution is 0.137. The third kappa shape index (κ3) is 4.54. The van der Waals surface area contributed by atoms with E-state index in [4.69, 9.17) is 4.98 Å². The molecule has 1 atom stereocenters. The Morgan fingerprint density at radius 3 is 2.72 bits per heavy atom. The predicted molar refractivity (Wildman–Crippen MR) is 116 cm³/mol. The first-order chi connectivity index (χ1) is 14.1. The van der Waals surface area contributed by atoms with Crippen LogP contribution >= 0.6 is 0 Å². The summed E-state index contributed by atoms with van der Waals surface area (Å²) in [6, 6.07) is 14.3. The van der Waals surface area contributed by atoms with Crippen molar-refractivity contribution < 1.29 is 0 Å². The number of nitrogens with zero attached hydrogens (tertiary/aromatic N) is 4. The van der Waals surface area contributed by atoms with Crippen molar-refractivity contribution in [2.75, 3.05) is 25.5 Å². The van der Waals surface area contributed by atoms with E-state index >= 15 is 0 Å². The Balaban J connectivity index is 1.60. The second-order valence-corrected chi connectivity index (χ2v) is 7.80. The van der Waals surface area contributed by atoms with Gasteiger partial charge in [0.2, 0.25) is 0 Å². The minimum absolute atomic E-state index is 0.116. The van der Waals surface area contributed by atoms with Crippen LogP contribution in [0.1, 0.15) is 36.6 Å². The van der Waals surface area contributed by atoms with E-state index < -0.39 is 0 Å². The second-order valence-electron chi connectivity index (χ2n) is 7.80. The quantitative estimate of drug-likeness (QED) is 0.722. The zero-order valence-electron chi connectivity index (χ0n) is 17.0. The molecule has 3 aromatic rings. The number of H-pyrrole nitrogens is 1. The minimum Gasteiger partial charge on any atom is -0.378 e. The van der Waals surface area contributed by atoms with Crippen molar-refractivity contribution in [2.24, 2.45) is 0 Å². The van der Waals surface area contributed by atoms with Gasteiger partial charge in [-0.2, -0.15) is 0 Å². The molecule has 4 rings (SSSR count). The van der Waals surface area contributed by atoms with Crippen LogP contribution in [0.2, 0.25) is 0 Å². The van der Waals surface area contributed by atoms with Gasteiger partial charge in [0, 0.05) is 50.4 Å². The van der Waals surface area contributed by atoms with Crippen molar-refractivity contribution in [1.29, 1.82) is 0 Å². The molecule has 0 unspecified atom stereocenters. The van der Waals surface area contributed by atoms with E-state index in [2.05, 4.69) is 44.0 Å². The minimum atomic E-state index is -0.116. The van der Waals surface area contributed by atoms with Crippen LogP contribution in [-0.2, 0) is 6.54 Å². The molecule has 1 aliphatic rings. The monoisotopic (exact) mass is 389 g/mol. The summed E-state index contributed by atoms with van der Waals surface area (Å²) < 4.78 is 0. The highest BCUT2D eigenvalue weighted by molar-refractivity contribution is 5.52. The number of pyridine rings is 1. The van der Waals surface area contributed by atoms with Crippen molar-refractivity contribution in [2.45, 2.75) is 31.8 Å². The van der Waals surface area contributed by atoms with E-state index in [0.717, 1.165) is 37.2 Å². The summed E-state index contributed by atoms with van der Waals surface area (Å²) >= 11 is 0. The van der Waals surface area contributed by atoms with E-state index in [9.17, 15) is 4.79 Å². The van der Waals surface area contributed by atoms with Gasteiger partial charge in [0.1, 0.15) is 5.82 Å². The first kappa shape index (κ1) is 19.3. The van der Waals surface area contributed by atoms with Crippen LogP contribution in [0.15, 0.2) is 59.7 Å². The van der Waals surface area contributed by atoms with Gasteiger partial charge in [-0.1, -0.05) is 18.6 Å². The van der Waals surface area contributed by atoms with Crippen LogP contribution in [0.5, 0.6) is 0 Å². The van der Waals surface area contributed by atoms with Crippen molar-refractivity contribution in [3.05, 3.63) is 76.5 Å². The maximum Gasteiger partial charge on any atom is 0.251 e. The average molecular weight is 390 g/mol. The molecule has 3 heterocycles. The summed E-state index contributed by atoms with van der Waals surface area (Å²) in [6.07, 6.45) is 6.78. The molecule has 0 saturated carbocycles. The van der Waals surface area contributed by atoms with Gasteiger partial charge in [-0.15, -0.1) is 0 Å².